The SMILES string of the molecule is COC(=O)/C=C/C1=CCC=C(N[C@H](C)C(=O)NC2CCCCCC2)N=C1. The number of amides is 1. The smallest absolute Gasteiger partial charge is 0.330 e. The van der Waals surface area contributed by atoms with Crippen molar-refractivity contribution in [1.29, 1.82) is 0 Å². The minimum Gasteiger partial charge on any atom is -0.466 e. The van der Waals surface area contributed by atoms with Gasteiger partial charge in [0.25, 0.3) is 0 Å². The molecule has 2 N–H and O–H groups in total. The summed E-state index contributed by atoms with van der Waals surface area (Å²) >= 11 is 0. The monoisotopic (exact) mass is 359 g/mol. The van der Waals surface area contributed by atoms with Crippen LogP contribution in [0, 0.1) is 0 Å². The molecule has 0 aromatic carbocycles. The number of rotatable bonds is 6. The van der Waals surface area contributed by atoms with Gasteiger partial charge in [-0.3, -0.25) is 4.79 Å². The largest absolute Gasteiger partial charge is 0.466 e. The van der Waals surface area contributed by atoms with E-state index in [0.717, 1.165) is 18.4 Å². The topological polar surface area (TPSA) is 79.8 Å². The van der Waals surface area contributed by atoms with Crippen LogP contribution < -0.4 is 10.6 Å². The van der Waals surface area contributed by atoms with Crippen molar-refractivity contribution < 1.29 is 14.3 Å². The molecule has 0 bridgehead atoms. The molecule has 0 aromatic heterocycles. The van der Waals surface area contributed by atoms with Crippen LogP contribution in [-0.4, -0.2) is 37.3 Å². The van der Waals surface area contributed by atoms with Crippen molar-refractivity contribution >= 4 is 18.1 Å². The number of aliphatic imine (C=N–C) groups is 1. The molecular weight excluding hydrogens is 330 g/mol. The molecule has 1 aliphatic heterocycles. The lowest BCUT2D eigenvalue weighted by atomic mass is 10.1. The number of methoxy groups -OCH3 is 1. The number of carbonyl (C=O) groups excluding carboxylic acids is 2. The molecule has 0 unspecified atom stereocenters. The minimum atomic E-state index is -0.404. The summed E-state index contributed by atoms with van der Waals surface area (Å²) in [5.74, 6) is 0.265. The molecule has 2 aliphatic rings. The van der Waals surface area contributed by atoms with Gasteiger partial charge in [-0.25, -0.2) is 9.79 Å². The van der Waals surface area contributed by atoms with Crippen molar-refractivity contribution in [1.82, 2.24) is 10.6 Å². The molecular formula is C20H29N3O3. The van der Waals surface area contributed by atoms with Crippen LogP contribution in [0.1, 0.15) is 51.9 Å². The zero-order valence-electron chi connectivity index (χ0n) is 15.7. The number of nitrogens with zero attached hydrogens (tertiary/aromatic N) is 1. The number of hydrogen-bond donors (Lipinski definition) is 2. The molecule has 6 nitrogen and oxygen atoms in total. The van der Waals surface area contributed by atoms with Crippen LogP contribution in [0.3, 0.4) is 0 Å². The number of carbonyl (C=O) groups is 2. The van der Waals surface area contributed by atoms with Crippen molar-refractivity contribution in [2.75, 3.05) is 7.11 Å². The molecule has 1 fully saturated rings. The summed E-state index contributed by atoms with van der Waals surface area (Å²) in [7, 11) is 1.34. The Morgan fingerprint density at radius 3 is 2.65 bits per heavy atom. The Bertz CT molecular complexity index is 612. The van der Waals surface area contributed by atoms with E-state index in [2.05, 4.69) is 20.4 Å². The summed E-state index contributed by atoms with van der Waals surface area (Å²) in [5, 5.41) is 6.32. The maximum absolute atomic E-state index is 12.4. The molecule has 0 aromatic rings. The van der Waals surface area contributed by atoms with Gasteiger partial charge in [0, 0.05) is 18.3 Å². The quantitative estimate of drug-likeness (QED) is 0.434. The fourth-order valence-corrected chi connectivity index (χ4v) is 3.03. The second-order valence-corrected chi connectivity index (χ2v) is 6.71. The van der Waals surface area contributed by atoms with Gasteiger partial charge < -0.3 is 15.4 Å². The lowest BCUT2D eigenvalue weighted by Crippen LogP contribution is -2.45. The predicted octanol–water partition coefficient (Wildman–Crippen LogP) is 2.78. The third kappa shape index (κ3) is 6.86. The fraction of sp³-hybridized carbons (Fsp3) is 0.550. The van der Waals surface area contributed by atoms with Gasteiger partial charge in [0.1, 0.15) is 11.9 Å². The van der Waals surface area contributed by atoms with Crippen molar-refractivity contribution in [2.45, 2.75) is 64.0 Å². The van der Waals surface area contributed by atoms with Crippen LogP contribution >= 0.6 is 0 Å². The Labute approximate surface area is 155 Å². The summed E-state index contributed by atoms with van der Waals surface area (Å²) in [6, 6.07) is -0.0635. The highest BCUT2D eigenvalue weighted by molar-refractivity contribution is 5.88. The standard InChI is InChI=1S/C20H29N3O3/c1-15(20(25)23-17-9-5-3-4-6-10-17)22-18-11-7-8-16(14-21-18)12-13-19(24)26-2/h8,11-15,17,22H,3-7,9-10H2,1-2H3,(H,23,25)/b13-12+/t15-/m1/s1. The van der Waals surface area contributed by atoms with Gasteiger partial charge in [-0.15, -0.1) is 0 Å². The predicted molar refractivity (Wildman–Crippen MR) is 103 cm³/mol. The first-order chi connectivity index (χ1) is 12.6. The molecule has 142 valence electrons. The van der Waals surface area contributed by atoms with Crippen molar-refractivity contribution in [3.63, 3.8) is 0 Å². The van der Waals surface area contributed by atoms with E-state index in [9.17, 15) is 9.59 Å². The average molecular weight is 359 g/mol. The number of nitrogens with one attached hydrogen (secondary N) is 2. The minimum absolute atomic E-state index is 0.0102. The third-order valence-corrected chi connectivity index (χ3v) is 4.59. The van der Waals surface area contributed by atoms with E-state index in [1.54, 1.807) is 12.3 Å². The van der Waals surface area contributed by atoms with Crippen molar-refractivity contribution in [3.8, 4) is 0 Å². The molecule has 0 radical (unpaired) electrons. The lowest BCUT2D eigenvalue weighted by Gasteiger charge is -2.20. The Morgan fingerprint density at radius 1 is 1.23 bits per heavy atom. The van der Waals surface area contributed by atoms with Gasteiger partial charge in [-0.2, -0.15) is 0 Å². The van der Waals surface area contributed by atoms with Gasteiger partial charge in [-0.1, -0.05) is 31.8 Å². The summed E-state index contributed by atoms with van der Waals surface area (Å²) in [6.45, 7) is 1.85. The zero-order chi connectivity index (χ0) is 18.8. The summed E-state index contributed by atoms with van der Waals surface area (Å²) in [6.07, 6.45) is 16.3. The Morgan fingerprint density at radius 2 is 1.96 bits per heavy atom. The van der Waals surface area contributed by atoms with Crippen molar-refractivity contribution in [3.05, 3.63) is 35.7 Å². The first kappa shape index (κ1) is 19.9. The second kappa shape index (κ2) is 10.6. The maximum Gasteiger partial charge on any atom is 0.330 e. The molecule has 26 heavy (non-hydrogen) atoms. The number of hydrogen-bond acceptors (Lipinski definition) is 5. The number of allylic oxidation sites excluding steroid dienone is 4. The van der Waals surface area contributed by atoms with Crippen LogP contribution in [0.2, 0.25) is 0 Å². The highest BCUT2D eigenvalue weighted by Crippen LogP contribution is 2.17. The summed E-state index contributed by atoms with van der Waals surface area (Å²) in [4.78, 5) is 28.0. The second-order valence-electron chi connectivity index (χ2n) is 6.71. The summed E-state index contributed by atoms with van der Waals surface area (Å²) in [5.41, 5.74) is 0.819. The Kier molecular flexibility index (Phi) is 8.12. The molecule has 1 amide bonds. The van der Waals surface area contributed by atoms with E-state index >= 15 is 0 Å². The van der Waals surface area contributed by atoms with Crippen LogP contribution in [0.5, 0.6) is 0 Å². The van der Waals surface area contributed by atoms with Gasteiger partial charge in [0.05, 0.1) is 7.11 Å². The van der Waals surface area contributed by atoms with E-state index < -0.39 is 5.97 Å². The molecule has 1 heterocycles. The molecule has 1 atom stereocenters. The Balaban J connectivity index is 1.84. The van der Waals surface area contributed by atoms with E-state index in [1.807, 2.05) is 19.1 Å². The Hall–Kier alpha value is -2.37. The first-order valence-electron chi connectivity index (χ1n) is 9.36. The lowest BCUT2D eigenvalue weighted by molar-refractivity contribution is -0.134. The number of ether oxygens (including phenoxy) is 1. The summed E-state index contributed by atoms with van der Waals surface area (Å²) < 4.78 is 4.58. The maximum atomic E-state index is 12.4. The van der Waals surface area contributed by atoms with Gasteiger partial charge >= 0.3 is 5.97 Å². The van der Waals surface area contributed by atoms with E-state index in [4.69, 9.17) is 0 Å². The number of esters is 1. The first-order valence-corrected chi connectivity index (χ1v) is 9.36. The molecule has 2 rings (SSSR count). The highest BCUT2D eigenvalue weighted by Gasteiger charge is 2.19. The highest BCUT2D eigenvalue weighted by atomic mass is 16.5. The van der Waals surface area contributed by atoms with Crippen LogP contribution in [0.25, 0.3) is 0 Å². The molecule has 1 aliphatic carbocycles. The van der Waals surface area contributed by atoms with Crippen LogP contribution in [0.15, 0.2) is 40.7 Å². The zero-order valence-corrected chi connectivity index (χ0v) is 15.7. The van der Waals surface area contributed by atoms with E-state index in [0.29, 0.717) is 12.2 Å². The van der Waals surface area contributed by atoms with Crippen LogP contribution in [0.4, 0.5) is 0 Å². The normalized spacial score (nSPS) is 19.8. The molecule has 1 saturated carbocycles. The van der Waals surface area contributed by atoms with Gasteiger partial charge in [-0.05, 0) is 43.9 Å². The van der Waals surface area contributed by atoms with Crippen LogP contribution in [-0.2, 0) is 14.3 Å². The molecule has 0 saturated heterocycles. The third-order valence-electron chi connectivity index (χ3n) is 4.59. The van der Waals surface area contributed by atoms with Gasteiger partial charge in [0.15, 0.2) is 0 Å². The molecule has 6 heteroatoms. The van der Waals surface area contributed by atoms with Crippen molar-refractivity contribution in [2.24, 2.45) is 4.99 Å². The average Bonchev–Trinajstić information content (AvgIpc) is 3.02. The van der Waals surface area contributed by atoms with Gasteiger partial charge in [0.2, 0.25) is 5.91 Å². The van der Waals surface area contributed by atoms with E-state index in [1.165, 1.54) is 38.9 Å². The fourth-order valence-electron chi connectivity index (χ4n) is 3.03. The van der Waals surface area contributed by atoms with E-state index in [-0.39, 0.29) is 18.0 Å². The molecule has 0 spiro atoms.